The number of carbonyl (C=O) groups excluding carboxylic acids is 1. The van der Waals surface area contributed by atoms with E-state index in [1.807, 2.05) is 0 Å². The molecular formula is C11H9Cl2N3O. The first kappa shape index (κ1) is 12.2. The Bertz CT molecular complexity index is 498. The molecule has 6 heteroatoms. The summed E-state index contributed by atoms with van der Waals surface area (Å²) in [5, 5.41) is 9.40. The van der Waals surface area contributed by atoms with Gasteiger partial charge in [0.25, 0.3) is 5.91 Å². The predicted molar refractivity (Wildman–Crippen MR) is 63.9 cm³/mol. The summed E-state index contributed by atoms with van der Waals surface area (Å²) >= 11 is 11.6. The van der Waals surface area contributed by atoms with Gasteiger partial charge >= 0.3 is 0 Å². The minimum Gasteiger partial charge on any atom is -0.321 e. The van der Waals surface area contributed by atoms with E-state index in [0.29, 0.717) is 13.0 Å². The Morgan fingerprint density at radius 2 is 2.29 bits per heavy atom. The van der Waals surface area contributed by atoms with Gasteiger partial charge in [-0.2, -0.15) is 5.26 Å². The maximum atomic E-state index is 12.2. The van der Waals surface area contributed by atoms with E-state index in [1.54, 1.807) is 0 Å². The van der Waals surface area contributed by atoms with Crippen molar-refractivity contribution in [1.29, 1.82) is 5.26 Å². The van der Waals surface area contributed by atoms with Crippen molar-refractivity contribution in [3.05, 3.63) is 28.0 Å². The van der Waals surface area contributed by atoms with E-state index in [4.69, 9.17) is 28.5 Å². The molecule has 1 aliphatic rings. The van der Waals surface area contributed by atoms with Gasteiger partial charge in [0.15, 0.2) is 0 Å². The average molecular weight is 270 g/mol. The van der Waals surface area contributed by atoms with Crippen LogP contribution >= 0.6 is 23.2 Å². The Hall–Kier alpha value is -1.31. The third kappa shape index (κ3) is 2.36. The maximum Gasteiger partial charge on any atom is 0.275 e. The summed E-state index contributed by atoms with van der Waals surface area (Å²) in [5.41, 5.74) is 0.112. The topological polar surface area (TPSA) is 57.0 Å². The van der Waals surface area contributed by atoms with Gasteiger partial charge in [0, 0.05) is 6.54 Å². The third-order valence-electron chi connectivity index (χ3n) is 2.68. The molecule has 0 N–H and O–H groups in total. The number of amides is 1. The second kappa shape index (κ2) is 4.91. The molecule has 2 rings (SSSR count). The minimum absolute atomic E-state index is 0.112. The lowest BCUT2D eigenvalue weighted by molar-refractivity contribution is 0.0759. The average Bonchev–Trinajstić information content (AvgIpc) is 2.79. The fraction of sp³-hybridized carbons (Fsp3) is 0.364. The number of halogens is 2. The largest absolute Gasteiger partial charge is 0.321 e. The molecule has 1 saturated heterocycles. The van der Waals surface area contributed by atoms with E-state index >= 15 is 0 Å². The van der Waals surface area contributed by atoms with Gasteiger partial charge in [-0.05, 0) is 25.0 Å². The fourth-order valence-electron chi connectivity index (χ4n) is 1.85. The second-order valence-corrected chi connectivity index (χ2v) is 4.54. The van der Waals surface area contributed by atoms with Crippen LogP contribution in [-0.4, -0.2) is 28.4 Å². The molecular weight excluding hydrogens is 261 g/mol. The molecule has 2 heterocycles. The number of hydrogen-bond acceptors (Lipinski definition) is 3. The van der Waals surface area contributed by atoms with Crippen molar-refractivity contribution in [2.45, 2.75) is 18.9 Å². The minimum atomic E-state index is -0.389. The molecule has 0 aliphatic carbocycles. The van der Waals surface area contributed by atoms with E-state index in [2.05, 4.69) is 11.1 Å². The SMILES string of the molecule is N#CC1CCCN1C(=O)c1nc(Cl)ccc1Cl. The molecule has 0 aromatic carbocycles. The predicted octanol–water partition coefficient (Wildman–Crippen LogP) is 2.52. The van der Waals surface area contributed by atoms with Crippen LogP contribution in [0.15, 0.2) is 12.1 Å². The van der Waals surface area contributed by atoms with Crippen LogP contribution in [-0.2, 0) is 0 Å². The Balaban J connectivity index is 2.31. The van der Waals surface area contributed by atoms with Crippen LogP contribution in [0.1, 0.15) is 23.3 Å². The smallest absolute Gasteiger partial charge is 0.275 e. The van der Waals surface area contributed by atoms with Crippen LogP contribution in [0.2, 0.25) is 10.2 Å². The zero-order valence-corrected chi connectivity index (χ0v) is 10.4. The number of likely N-dealkylation sites (tertiary alicyclic amines) is 1. The van der Waals surface area contributed by atoms with Crippen LogP contribution in [0.25, 0.3) is 0 Å². The summed E-state index contributed by atoms with van der Waals surface area (Å²) < 4.78 is 0. The van der Waals surface area contributed by atoms with Crippen LogP contribution in [0.3, 0.4) is 0 Å². The molecule has 1 aliphatic heterocycles. The highest BCUT2D eigenvalue weighted by molar-refractivity contribution is 6.34. The van der Waals surface area contributed by atoms with Crippen molar-refractivity contribution in [2.75, 3.05) is 6.54 Å². The molecule has 4 nitrogen and oxygen atoms in total. The number of carbonyl (C=O) groups is 1. The molecule has 0 spiro atoms. The highest BCUT2D eigenvalue weighted by Gasteiger charge is 2.31. The lowest BCUT2D eigenvalue weighted by atomic mass is 10.2. The number of aromatic nitrogens is 1. The van der Waals surface area contributed by atoms with E-state index in [1.165, 1.54) is 17.0 Å². The number of hydrogen-bond donors (Lipinski definition) is 0. The van der Waals surface area contributed by atoms with Crippen LogP contribution < -0.4 is 0 Å². The first-order chi connectivity index (χ1) is 8.13. The molecule has 1 amide bonds. The normalized spacial score (nSPS) is 19.1. The molecule has 0 bridgehead atoms. The summed E-state index contributed by atoms with van der Waals surface area (Å²) in [6.45, 7) is 0.557. The monoisotopic (exact) mass is 269 g/mol. The van der Waals surface area contributed by atoms with Crippen molar-refractivity contribution < 1.29 is 4.79 Å². The summed E-state index contributed by atoms with van der Waals surface area (Å²) in [4.78, 5) is 17.6. The van der Waals surface area contributed by atoms with Gasteiger partial charge in [-0.3, -0.25) is 4.79 Å². The van der Waals surface area contributed by atoms with Gasteiger partial charge < -0.3 is 4.90 Å². The van der Waals surface area contributed by atoms with E-state index in [-0.39, 0.29) is 27.8 Å². The number of nitriles is 1. The van der Waals surface area contributed by atoms with Gasteiger partial charge in [0.1, 0.15) is 16.9 Å². The van der Waals surface area contributed by atoms with Gasteiger partial charge in [-0.15, -0.1) is 0 Å². The highest BCUT2D eigenvalue weighted by Crippen LogP contribution is 2.23. The Kier molecular flexibility index (Phi) is 3.51. The van der Waals surface area contributed by atoms with E-state index in [0.717, 1.165) is 6.42 Å². The summed E-state index contributed by atoms with van der Waals surface area (Å²) in [5.74, 6) is -0.332. The zero-order chi connectivity index (χ0) is 12.4. The van der Waals surface area contributed by atoms with Crippen LogP contribution in [0.4, 0.5) is 0 Å². The second-order valence-electron chi connectivity index (χ2n) is 3.75. The maximum absolute atomic E-state index is 12.2. The Morgan fingerprint density at radius 1 is 1.53 bits per heavy atom. The Morgan fingerprint density at radius 3 is 3.00 bits per heavy atom. The summed E-state index contributed by atoms with van der Waals surface area (Å²) in [6, 6.07) is 4.76. The number of rotatable bonds is 1. The molecule has 1 aromatic heterocycles. The van der Waals surface area contributed by atoms with Gasteiger partial charge in [0.05, 0.1) is 11.1 Å². The summed E-state index contributed by atoms with van der Waals surface area (Å²) in [7, 11) is 0. The molecule has 1 atom stereocenters. The Labute approximate surface area is 109 Å². The van der Waals surface area contributed by atoms with Crippen molar-refractivity contribution >= 4 is 29.1 Å². The third-order valence-corrected chi connectivity index (χ3v) is 3.19. The molecule has 17 heavy (non-hydrogen) atoms. The standard InChI is InChI=1S/C11H9Cl2N3O/c12-8-3-4-9(13)15-10(8)11(17)16-5-1-2-7(16)6-14/h3-4,7H,1-2,5H2. The summed E-state index contributed by atoms with van der Waals surface area (Å²) in [6.07, 6.45) is 1.52. The molecule has 1 aromatic rings. The van der Waals surface area contributed by atoms with Crippen molar-refractivity contribution in [1.82, 2.24) is 9.88 Å². The molecule has 88 valence electrons. The molecule has 0 radical (unpaired) electrons. The quantitative estimate of drug-likeness (QED) is 0.737. The number of pyridine rings is 1. The molecule has 0 saturated carbocycles. The molecule has 1 fully saturated rings. The fourth-order valence-corrected chi connectivity index (χ4v) is 2.18. The first-order valence-corrected chi connectivity index (χ1v) is 5.91. The molecule has 1 unspecified atom stereocenters. The zero-order valence-electron chi connectivity index (χ0n) is 8.86. The lowest BCUT2D eigenvalue weighted by Crippen LogP contribution is -2.35. The lowest BCUT2D eigenvalue weighted by Gasteiger charge is -2.19. The first-order valence-electron chi connectivity index (χ1n) is 5.16. The number of nitrogens with zero attached hydrogens (tertiary/aromatic N) is 3. The van der Waals surface area contributed by atoms with Gasteiger partial charge in [0.2, 0.25) is 0 Å². The van der Waals surface area contributed by atoms with Crippen molar-refractivity contribution in [3.8, 4) is 6.07 Å². The van der Waals surface area contributed by atoms with Crippen molar-refractivity contribution in [2.24, 2.45) is 0 Å². The van der Waals surface area contributed by atoms with Crippen LogP contribution in [0.5, 0.6) is 0 Å². The van der Waals surface area contributed by atoms with E-state index < -0.39 is 0 Å². The van der Waals surface area contributed by atoms with Gasteiger partial charge in [-0.25, -0.2) is 4.98 Å². The van der Waals surface area contributed by atoms with E-state index in [9.17, 15) is 4.79 Å². The van der Waals surface area contributed by atoms with Crippen molar-refractivity contribution in [3.63, 3.8) is 0 Å². The van der Waals surface area contributed by atoms with Gasteiger partial charge in [-0.1, -0.05) is 23.2 Å². The van der Waals surface area contributed by atoms with Crippen LogP contribution in [0, 0.1) is 11.3 Å². The highest BCUT2D eigenvalue weighted by atomic mass is 35.5.